The van der Waals surface area contributed by atoms with Crippen LogP contribution in [0.15, 0.2) is 85.7 Å². The van der Waals surface area contributed by atoms with E-state index >= 15 is 0 Å². The molecule has 0 fully saturated rings. The van der Waals surface area contributed by atoms with Crippen LogP contribution >= 0.6 is 0 Å². The van der Waals surface area contributed by atoms with Crippen molar-refractivity contribution in [2.45, 2.75) is 114 Å². The molecule has 300 valence electrons. The van der Waals surface area contributed by atoms with Gasteiger partial charge in [-0.15, -0.1) is 6.58 Å². The Balaban J connectivity index is -0.000000262. The fourth-order valence-corrected chi connectivity index (χ4v) is 4.33. The summed E-state index contributed by atoms with van der Waals surface area (Å²) in [6, 6.07) is 7.98. The summed E-state index contributed by atoms with van der Waals surface area (Å²) in [5.74, 6) is -1.23. The minimum Gasteiger partial charge on any atom is -0.454 e. The monoisotopic (exact) mass is 739 g/mol. The van der Waals surface area contributed by atoms with Crippen LogP contribution in [-0.2, 0) is 14.3 Å². The number of alkyl halides is 3. The summed E-state index contributed by atoms with van der Waals surface area (Å²) in [5, 5.41) is 14.3. The topological polar surface area (TPSA) is 103 Å². The van der Waals surface area contributed by atoms with E-state index in [0.717, 1.165) is 56.4 Å². The maximum absolute atomic E-state index is 12.8. The molecule has 2 rings (SSSR count). The maximum Gasteiger partial charge on any atom is 0.405 e. The number of hydrogen-bond acceptors (Lipinski definition) is 5. The van der Waals surface area contributed by atoms with Crippen molar-refractivity contribution >= 4 is 18.7 Å². The molecule has 0 saturated heterocycles. The van der Waals surface area contributed by atoms with Crippen LogP contribution < -0.4 is 16.0 Å². The van der Waals surface area contributed by atoms with E-state index in [1.165, 1.54) is 6.26 Å². The van der Waals surface area contributed by atoms with Crippen molar-refractivity contribution in [2.24, 2.45) is 11.8 Å². The Hall–Kier alpha value is -3.92. The van der Waals surface area contributed by atoms with Crippen molar-refractivity contribution in [1.29, 1.82) is 5.41 Å². The fourth-order valence-electron chi connectivity index (χ4n) is 4.33. The lowest BCUT2D eigenvalue weighted by molar-refractivity contribution is -0.141. The van der Waals surface area contributed by atoms with Gasteiger partial charge in [0.1, 0.15) is 6.54 Å². The number of hydrogen-bond donors (Lipinski definition) is 4. The fraction of sp³-hybridized carbons (Fsp3) is 0.548. The van der Waals surface area contributed by atoms with Gasteiger partial charge in [0, 0.05) is 18.4 Å². The van der Waals surface area contributed by atoms with Gasteiger partial charge in [-0.05, 0) is 76.2 Å². The van der Waals surface area contributed by atoms with Crippen LogP contribution in [0.25, 0.3) is 0 Å². The molecule has 1 aromatic rings. The Morgan fingerprint density at radius 3 is 2.06 bits per heavy atom. The van der Waals surface area contributed by atoms with Crippen LogP contribution in [0.5, 0.6) is 0 Å². The second kappa shape index (κ2) is 45.1. The summed E-state index contributed by atoms with van der Waals surface area (Å²) in [6.07, 6.45) is 16.9. The van der Waals surface area contributed by atoms with Crippen LogP contribution in [0.1, 0.15) is 112 Å². The quantitative estimate of drug-likeness (QED) is 0.0258. The first-order valence-electron chi connectivity index (χ1n) is 18.7. The van der Waals surface area contributed by atoms with Gasteiger partial charge in [-0.2, -0.15) is 13.2 Å². The third-order valence-corrected chi connectivity index (χ3v) is 6.36. The predicted octanol–water partition coefficient (Wildman–Crippen LogP) is 11.0. The first kappa shape index (κ1) is 57.4. The van der Waals surface area contributed by atoms with Gasteiger partial charge in [0.05, 0.1) is 6.26 Å². The number of amides is 2. The zero-order chi connectivity index (χ0) is 41.1. The molecule has 1 aliphatic carbocycles. The lowest BCUT2D eigenvalue weighted by Crippen LogP contribution is -2.41. The van der Waals surface area contributed by atoms with E-state index in [0.29, 0.717) is 12.8 Å². The maximum atomic E-state index is 12.8. The molecule has 1 aromatic carbocycles. The second-order valence-corrected chi connectivity index (χ2v) is 10.1. The van der Waals surface area contributed by atoms with E-state index in [-0.39, 0.29) is 11.8 Å². The number of carbonyl (C=O) groups excluding carboxylic acids is 2. The molecule has 4 N–H and O–H groups in total. The van der Waals surface area contributed by atoms with Crippen LogP contribution in [0, 0.1) is 24.2 Å². The number of ether oxygens (including phenoxy) is 1. The largest absolute Gasteiger partial charge is 0.454 e. The second-order valence-electron chi connectivity index (χ2n) is 10.1. The van der Waals surface area contributed by atoms with E-state index in [1.54, 1.807) is 12.2 Å². The summed E-state index contributed by atoms with van der Waals surface area (Å²) in [6.45, 7) is 26.4. The minimum absolute atomic E-state index is 0.0309. The number of aryl methyl sites for hydroxylation is 1. The number of carbonyl (C=O) groups is 2. The predicted molar refractivity (Wildman–Crippen MR) is 219 cm³/mol. The molecule has 52 heavy (non-hydrogen) atoms. The van der Waals surface area contributed by atoms with E-state index in [4.69, 9.17) is 5.41 Å². The summed E-state index contributed by atoms with van der Waals surface area (Å²) in [4.78, 5) is 22.2. The summed E-state index contributed by atoms with van der Waals surface area (Å²) < 4.78 is 42.4. The number of benzene rings is 1. The normalized spacial score (nSPS) is 14.2. The summed E-state index contributed by atoms with van der Waals surface area (Å²) in [7, 11) is 0. The van der Waals surface area contributed by atoms with Gasteiger partial charge in [-0.25, -0.2) is 0 Å². The van der Waals surface area contributed by atoms with Crippen molar-refractivity contribution in [3.8, 4) is 0 Å². The Labute approximate surface area is 315 Å². The summed E-state index contributed by atoms with van der Waals surface area (Å²) >= 11 is 0. The van der Waals surface area contributed by atoms with E-state index in [9.17, 15) is 22.8 Å². The Morgan fingerprint density at radius 1 is 0.981 bits per heavy atom. The van der Waals surface area contributed by atoms with Gasteiger partial charge in [-0.1, -0.05) is 129 Å². The zero-order valence-electron chi connectivity index (χ0n) is 34.1. The molecule has 0 radical (unpaired) electrons. The van der Waals surface area contributed by atoms with Crippen LogP contribution in [0.2, 0.25) is 0 Å². The third kappa shape index (κ3) is 35.9. The van der Waals surface area contributed by atoms with Crippen molar-refractivity contribution in [3.05, 3.63) is 96.8 Å². The molecule has 0 heterocycles. The smallest absolute Gasteiger partial charge is 0.405 e. The van der Waals surface area contributed by atoms with Gasteiger partial charge in [0.25, 0.3) is 0 Å². The third-order valence-electron chi connectivity index (χ3n) is 6.36. The molecule has 0 aromatic heterocycles. The molecule has 3 atom stereocenters. The van der Waals surface area contributed by atoms with Gasteiger partial charge >= 0.3 is 6.18 Å². The molecule has 1 aliphatic rings. The van der Waals surface area contributed by atoms with Crippen molar-refractivity contribution in [3.63, 3.8) is 0 Å². The Morgan fingerprint density at radius 2 is 1.58 bits per heavy atom. The number of allylic oxidation sites excluding steroid dienone is 8. The van der Waals surface area contributed by atoms with Crippen molar-refractivity contribution < 1.29 is 27.5 Å². The number of rotatable bonds is 16. The average Bonchev–Trinajstić information content (AvgIpc) is 3.16. The molecule has 7 nitrogen and oxygen atoms in total. The standard InChI is InChI=1S/C23H31F3N2O.C6H9NO.C4H9NO.C3H6.3C2H6/c1-3-27-15-9-8-14-21(22(29)28-16-23(24,25)26)20-13-7-6-12-19(20)18-11-5-4-10-17(18)2;1-2-3-4-5-8-6-7;1-2-3-5-4-6;1-3-2;3*1-2/h4-7,10-13,19-21,27H,3,8-9,14-16H2,1-2H3,(H,28,29);2-7H,1H3;4H,2-3H2,1H3,(H,5,6);3H,1H2,2H3;3*1-2H3/b;3-2+,5-4+,7-6?;;;;;. The highest BCUT2D eigenvalue weighted by molar-refractivity contribution is 5.79. The molecule has 0 spiro atoms. The van der Waals surface area contributed by atoms with E-state index in [2.05, 4.69) is 33.3 Å². The van der Waals surface area contributed by atoms with Crippen LogP contribution in [0.4, 0.5) is 13.2 Å². The Kier molecular flexibility index (Phi) is 49.8. The molecule has 0 saturated carbocycles. The molecule has 10 heteroatoms. The van der Waals surface area contributed by atoms with Crippen molar-refractivity contribution in [2.75, 3.05) is 26.2 Å². The highest BCUT2D eigenvalue weighted by Crippen LogP contribution is 2.38. The first-order chi connectivity index (χ1) is 25.1. The lowest BCUT2D eigenvalue weighted by atomic mass is 9.72. The first-order valence-corrected chi connectivity index (χ1v) is 18.7. The minimum atomic E-state index is -4.41. The van der Waals surface area contributed by atoms with Gasteiger partial charge in [-0.3, -0.25) is 15.0 Å². The average molecular weight is 739 g/mol. The zero-order valence-corrected chi connectivity index (χ0v) is 34.1. The van der Waals surface area contributed by atoms with Crippen LogP contribution in [-0.4, -0.2) is 51.1 Å². The van der Waals surface area contributed by atoms with Crippen molar-refractivity contribution in [1.82, 2.24) is 16.0 Å². The van der Waals surface area contributed by atoms with E-state index < -0.39 is 24.5 Å². The van der Waals surface area contributed by atoms with Crippen LogP contribution in [0.3, 0.4) is 0 Å². The number of nitrogens with one attached hydrogen (secondary N) is 4. The number of unbranched alkanes of at least 4 members (excludes halogenated alkanes) is 1. The van der Waals surface area contributed by atoms with Gasteiger partial charge in [0.15, 0.2) is 6.40 Å². The Bertz CT molecular complexity index is 1070. The van der Waals surface area contributed by atoms with E-state index in [1.807, 2.05) is 131 Å². The van der Waals surface area contributed by atoms with Gasteiger partial charge < -0.3 is 20.7 Å². The van der Waals surface area contributed by atoms with Gasteiger partial charge in [0.2, 0.25) is 12.3 Å². The SMILES string of the molecule is C/C=C/C=C/OC=N.C=CC.CC.CC.CC.CCCNC=O.CCNCCCCC(C(=O)NCC(F)(F)F)C1C=CC=CC1c1ccccc1C. The molecule has 2 amide bonds. The molecule has 0 aliphatic heterocycles. The molecular formula is C42H73F3N4O3. The number of halogens is 3. The highest BCUT2D eigenvalue weighted by atomic mass is 19.4. The molecule has 3 unspecified atom stereocenters. The molecule has 0 bridgehead atoms. The summed E-state index contributed by atoms with van der Waals surface area (Å²) in [5.41, 5.74) is 2.23. The lowest BCUT2D eigenvalue weighted by Gasteiger charge is -2.32. The molecular weight excluding hydrogens is 665 g/mol. The highest BCUT2D eigenvalue weighted by Gasteiger charge is 2.35.